The van der Waals surface area contributed by atoms with Crippen molar-refractivity contribution in [1.82, 2.24) is 0 Å². The number of carbonyl (C=O) groups is 1. The van der Waals surface area contributed by atoms with Crippen molar-refractivity contribution < 1.29 is 9.53 Å². The van der Waals surface area contributed by atoms with Gasteiger partial charge >= 0.3 is 0 Å². The highest BCUT2D eigenvalue weighted by atomic mass is 16.5. The smallest absolute Gasteiger partial charge is 0.153 e. The molecule has 1 saturated carbocycles. The summed E-state index contributed by atoms with van der Waals surface area (Å²) in [6.45, 7) is 2.03. The summed E-state index contributed by atoms with van der Waals surface area (Å²) in [5, 5.41) is 0. The predicted molar refractivity (Wildman–Crippen MR) is 55.1 cm³/mol. The zero-order chi connectivity index (χ0) is 10.1. The third-order valence-corrected chi connectivity index (χ3v) is 2.83. The number of methoxy groups -OCH3 is 1. The maximum Gasteiger partial charge on any atom is 0.153 e. The molecule has 1 fully saturated rings. The lowest BCUT2D eigenvalue weighted by Crippen LogP contribution is -1.97. The minimum Gasteiger partial charge on any atom is -0.496 e. The number of ether oxygens (including phenoxy) is 1. The van der Waals surface area contributed by atoms with Crippen molar-refractivity contribution >= 4 is 6.29 Å². The Morgan fingerprint density at radius 1 is 1.43 bits per heavy atom. The second-order valence-corrected chi connectivity index (χ2v) is 3.79. The summed E-state index contributed by atoms with van der Waals surface area (Å²) >= 11 is 0. The lowest BCUT2D eigenvalue weighted by Gasteiger charge is -2.11. The molecule has 1 aromatic rings. The number of hydrogen-bond donors (Lipinski definition) is 0. The molecule has 14 heavy (non-hydrogen) atoms. The van der Waals surface area contributed by atoms with Crippen LogP contribution in [-0.2, 0) is 0 Å². The van der Waals surface area contributed by atoms with E-state index >= 15 is 0 Å². The largest absolute Gasteiger partial charge is 0.496 e. The molecule has 2 nitrogen and oxygen atoms in total. The van der Waals surface area contributed by atoms with E-state index in [9.17, 15) is 4.79 Å². The van der Waals surface area contributed by atoms with Gasteiger partial charge in [-0.2, -0.15) is 0 Å². The van der Waals surface area contributed by atoms with Gasteiger partial charge in [0.05, 0.1) is 12.7 Å². The van der Waals surface area contributed by atoms with Crippen LogP contribution < -0.4 is 4.74 Å². The second-order valence-electron chi connectivity index (χ2n) is 3.79. The molecule has 74 valence electrons. The number of carbonyl (C=O) groups excluding carboxylic acids is 1. The lowest BCUT2D eigenvalue weighted by atomic mass is 10.0. The highest BCUT2D eigenvalue weighted by Gasteiger charge is 2.26. The Balaban J connectivity index is 2.50. The van der Waals surface area contributed by atoms with Gasteiger partial charge in [0.15, 0.2) is 6.29 Å². The Morgan fingerprint density at radius 3 is 2.64 bits per heavy atom. The molecule has 2 rings (SSSR count). The Kier molecular flexibility index (Phi) is 2.28. The summed E-state index contributed by atoms with van der Waals surface area (Å²) in [4.78, 5) is 10.8. The Labute approximate surface area is 83.9 Å². The number of benzene rings is 1. The molecule has 0 amide bonds. The molecule has 1 aromatic carbocycles. The van der Waals surface area contributed by atoms with E-state index in [1.807, 2.05) is 13.0 Å². The first-order chi connectivity index (χ1) is 6.77. The summed E-state index contributed by atoms with van der Waals surface area (Å²) in [6, 6.07) is 3.91. The van der Waals surface area contributed by atoms with Crippen molar-refractivity contribution in [3.05, 3.63) is 28.8 Å². The van der Waals surface area contributed by atoms with Gasteiger partial charge in [-0.15, -0.1) is 0 Å². The van der Waals surface area contributed by atoms with Crippen molar-refractivity contribution in [2.75, 3.05) is 7.11 Å². The van der Waals surface area contributed by atoms with Crippen LogP contribution in [0.15, 0.2) is 12.1 Å². The first-order valence-electron chi connectivity index (χ1n) is 4.90. The molecule has 0 aliphatic heterocycles. The average Bonchev–Trinajstić information content (AvgIpc) is 3.00. The van der Waals surface area contributed by atoms with Crippen LogP contribution in [0.2, 0.25) is 0 Å². The molecule has 0 radical (unpaired) electrons. The van der Waals surface area contributed by atoms with Gasteiger partial charge in [0.2, 0.25) is 0 Å². The number of aldehydes is 1. The molecule has 0 spiro atoms. The molecular formula is C12H14O2. The van der Waals surface area contributed by atoms with E-state index in [-0.39, 0.29) is 0 Å². The molecule has 0 saturated heterocycles. The van der Waals surface area contributed by atoms with Crippen molar-refractivity contribution in [2.45, 2.75) is 25.7 Å². The quantitative estimate of drug-likeness (QED) is 0.685. The Morgan fingerprint density at radius 2 is 2.14 bits per heavy atom. The van der Waals surface area contributed by atoms with Crippen molar-refractivity contribution in [3.8, 4) is 5.75 Å². The fourth-order valence-corrected chi connectivity index (χ4v) is 1.93. The van der Waals surface area contributed by atoms with Gasteiger partial charge in [-0.25, -0.2) is 0 Å². The lowest BCUT2D eigenvalue weighted by molar-refractivity contribution is 0.112. The molecule has 1 aliphatic carbocycles. The van der Waals surface area contributed by atoms with Gasteiger partial charge in [-0.05, 0) is 42.9 Å². The molecule has 0 N–H and O–H groups in total. The van der Waals surface area contributed by atoms with E-state index in [1.54, 1.807) is 7.11 Å². The summed E-state index contributed by atoms with van der Waals surface area (Å²) in [5.74, 6) is 1.44. The first-order valence-corrected chi connectivity index (χ1v) is 4.90. The van der Waals surface area contributed by atoms with Gasteiger partial charge in [0.25, 0.3) is 0 Å². The maximum absolute atomic E-state index is 10.8. The summed E-state index contributed by atoms with van der Waals surface area (Å²) < 4.78 is 5.25. The highest BCUT2D eigenvalue weighted by Crippen LogP contribution is 2.43. The minimum atomic E-state index is 0.648. The van der Waals surface area contributed by atoms with E-state index in [0.29, 0.717) is 11.5 Å². The van der Waals surface area contributed by atoms with Crippen LogP contribution in [0.3, 0.4) is 0 Å². The molecule has 2 heteroatoms. The molecule has 0 aromatic heterocycles. The van der Waals surface area contributed by atoms with E-state index in [0.717, 1.165) is 17.6 Å². The zero-order valence-corrected chi connectivity index (χ0v) is 8.54. The van der Waals surface area contributed by atoms with E-state index in [2.05, 4.69) is 6.07 Å². The van der Waals surface area contributed by atoms with Crippen LogP contribution >= 0.6 is 0 Å². The van der Waals surface area contributed by atoms with E-state index < -0.39 is 0 Å². The Hall–Kier alpha value is -1.31. The van der Waals surface area contributed by atoms with Gasteiger partial charge in [-0.3, -0.25) is 4.79 Å². The van der Waals surface area contributed by atoms with Crippen LogP contribution in [0, 0.1) is 6.92 Å². The topological polar surface area (TPSA) is 26.3 Å². The number of rotatable bonds is 3. The van der Waals surface area contributed by atoms with Crippen LogP contribution in [0.4, 0.5) is 0 Å². The van der Waals surface area contributed by atoms with Crippen molar-refractivity contribution in [1.29, 1.82) is 0 Å². The second kappa shape index (κ2) is 3.45. The third kappa shape index (κ3) is 1.41. The minimum absolute atomic E-state index is 0.648. The van der Waals surface area contributed by atoms with Gasteiger partial charge in [0.1, 0.15) is 5.75 Å². The number of hydrogen-bond acceptors (Lipinski definition) is 2. The van der Waals surface area contributed by atoms with E-state index in [4.69, 9.17) is 4.74 Å². The summed E-state index contributed by atoms with van der Waals surface area (Å²) in [7, 11) is 1.62. The monoisotopic (exact) mass is 190 g/mol. The SMILES string of the molecule is COc1c(C=O)ccc(C2CC2)c1C. The van der Waals surface area contributed by atoms with Crippen molar-refractivity contribution in [2.24, 2.45) is 0 Å². The first kappa shape index (κ1) is 9.25. The standard InChI is InChI=1S/C12H14O2/c1-8-11(9-3-4-9)6-5-10(7-13)12(8)14-2/h5-7,9H,3-4H2,1-2H3. The van der Waals surface area contributed by atoms with Gasteiger partial charge in [-0.1, -0.05) is 6.07 Å². The van der Waals surface area contributed by atoms with Crippen LogP contribution in [0.5, 0.6) is 5.75 Å². The van der Waals surface area contributed by atoms with Crippen molar-refractivity contribution in [3.63, 3.8) is 0 Å². The zero-order valence-electron chi connectivity index (χ0n) is 8.54. The van der Waals surface area contributed by atoms with Gasteiger partial charge in [0, 0.05) is 0 Å². The maximum atomic E-state index is 10.8. The van der Waals surface area contributed by atoms with Gasteiger partial charge < -0.3 is 4.74 Å². The molecular weight excluding hydrogens is 176 g/mol. The summed E-state index contributed by atoms with van der Waals surface area (Å²) in [5.41, 5.74) is 3.11. The summed E-state index contributed by atoms with van der Waals surface area (Å²) in [6.07, 6.45) is 3.39. The molecule has 0 atom stereocenters. The van der Waals surface area contributed by atoms with Crippen LogP contribution in [-0.4, -0.2) is 13.4 Å². The third-order valence-electron chi connectivity index (χ3n) is 2.83. The highest BCUT2D eigenvalue weighted by molar-refractivity contribution is 5.80. The molecule has 0 heterocycles. The Bertz CT molecular complexity index is 365. The fourth-order valence-electron chi connectivity index (χ4n) is 1.93. The predicted octanol–water partition coefficient (Wildman–Crippen LogP) is 2.69. The molecule has 1 aliphatic rings. The van der Waals surface area contributed by atoms with E-state index in [1.165, 1.54) is 18.4 Å². The molecule has 0 unspecified atom stereocenters. The molecule has 0 bridgehead atoms. The normalized spacial score (nSPS) is 15.3. The fraction of sp³-hybridized carbons (Fsp3) is 0.417. The van der Waals surface area contributed by atoms with Crippen LogP contribution in [0.1, 0.15) is 40.2 Å². The van der Waals surface area contributed by atoms with Crippen LogP contribution in [0.25, 0.3) is 0 Å². The average molecular weight is 190 g/mol.